The van der Waals surface area contributed by atoms with E-state index in [1.54, 1.807) is 6.92 Å². The molecule has 0 N–H and O–H groups in total. The highest BCUT2D eigenvalue weighted by molar-refractivity contribution is 6.04. The lowest BCUT2D eigenvalue weighted by Crippen LogP contribution is -2.60. The van der Waals surface area contributed by atoms with Crippen LogP contribution in [0.25, 0.3) is 0 Å². The fourth-order valence-electron chi connectivity index (χ4n) is 9.05. The molecule has 0 aliphatic heterocycles. The molecule has 4 heteroatoms. The molecule has 2 saturated carbocycles. The normalized spacial score (nSPS) is 39.1. The van der Waals surface area contributed by atoms with Crippen molar-refractivity contribution in [3.05, 3.63) is 11.6 Å². The summed E-state index contributed by atoms with van der Waals surface area (Å²) in [5, 5.41) is 20.3. The van der Waals surface area contributed by atoms with Gasteiger partial charge in [0, 0.05) is 11.8 Å². The predicted octanol–water partition coefficient (Wildman–Crippen LogP) is 8.23. The largest absolute Gasteiger partial charge is 0.300 e. The van der Waals surface area contributed by atoms with Crippen molar-refractivity contribution >= 4 is 11.6 Å². The highest BCUT2D eigenvalue weighted by Gasteiger charge is 2.63. The molecule has 0 amide bonds. The summed E-state index contributed by atoms with van der Waals surface area (Å²) in [7, 11) is 0. The van der Waals surface area contributed by atoms with E-state index in [1.807, 2.05) is 19.9 Å². The molecule has 37 heavy (non-hydrogen) atoms. The van der Waals surface area contributed by atoms with Crippen molar-refractivity contribution in [2.75, 3.05) is 0 Å². The first-order valence-electron chi connectivity index (χ1n) is 14.4. The molecule has 0 radical (unpaired) electrons. The van der Waals surface area contributed by atoms with E-state index in [4.69, 9.17) is 0 Å². The van der Waals surface area contributed by atoms with Crippen LogP contribution in [0.1, 0.15) is 121 Å². The van der Waals surface area contributed by atoms with Gasteiger partial charge < -0.3 is 4.79 Å². The van der Waals surface area contributed by atoms with E-state index in [9.17, 15) is 20.1 Å². The monoisotopic (exact) mass is 506 g/mol. The molecule has 4 nitrogen and oxygen atoms in total. The fraction of sp³-hybridized carbons (Fsp3) is 0.818. The van der Waals surface area contributed by atoms with Gasteiger partial charge in [0.1, 0.15) is 11.9 Å². The third kappa shape index (κ3) is 4.73. The molecule has 2 fully saturated rings. The van der Waals surface area contributed by atoms with Crippen molar-refractivity contribution in [1.82, 2.24) is 0 Å². The molecule has 0 saturated heterocycles. The molecule has 0 heterocycles. The van der Waals surface area contributed by atoms with Gasteiger partial charge >= 0.3 is 0 Å². The highest BCUT2D eigenvalue weighted by Crippen LogP contribution is 2.68. The molecule has 0 bridgehead atoms. The highest BCUT2D eigenvalue weighted by atomic mass is 16.1. The Balaban J connectivity index is 2.02. The van der Waals surface area contributed by atoms with Crippen LogP contribution in [0.15, 0.2) is 11.6 Å². The molecule has 0 aromatic heterocycles. The Hall–Kier alpha value is -1.94. The second-order valence-corrected chi connectivity index (χ2v) is 15.5. The Bertz CT molecular complexity index is 1070. The number of Topliss-reactive ketones (excluding diaryl/α,β-unsaturated/α-hetero) is 2. The van der Waals surface area contributed by atoms with E-state index in [-0.39, 0.29) is 50.6 Å². The average molecular weight is 507 g/mol. The maximum atomic E-state index is 13.2. The van der Waals surface area contributed by atoms with Gasteiger partial charge in [-0.05, 0) is 91.3 Å². The molecule has 0 aromatic rings. The molecular formula is C33H50N2O2. The van der Waals surface area contributed by atoms with Gasteiger partial charge in [0.15, 0.2) is 5.78 Å². The Morgan fingerprint density at radius 3 is 2.22 bits per heavy atom. The summed E-state index contributed by atoms with van der Waals surface area (Å²) in [5.74, 6) is 0.559. The van der Waals surface area contributed by atoms with Gasteiger partial charge in [-0.3, -0.25) is 4.79 Å². The van der Waals surface area contributed by atoms with Gasteiger partial charge in [0.25, 0.3) is 0 Å². The third-order valence-electron chi connectivity index (χ3n) is 12.0. The van der Waals surface area contributed by atoms with Crippen LogP contribution in [0.2, 0.25) is 0 Å². The van der Waals surface area contributed by atoms with Crippen molar-refractivity contribution < 1.29 is 9.59 Å². The Kier molecular flexibility index (Phi) is 7.49. The van der Waals surface area contributed by atoms with E-state index in [0.29, 0.717) is 12.3 Å². The van der Waals surface area contributed by atoms with Crippen LogP contribution < -0.4 is 0 Å². The number of nitriles is 2. The minimum absolute atomic E-state index is 0.0164. The van der Waals surface area contributed by atoms with E-state index in [1.165, 1.54) is 0 Å². The summed E-state index contributed by atoms with van der Waals surface area (Å²) < 4.78 is 0. The summed E-state index contributed by atoms with van der Waals surface area (Å²) >= 11 is 0. The zero-order chi connectivity index (χ0) is 28.2. The third-order valence-corrected chi connectivity index (χ3v) is 12.0. The van der Waals surface area contributed by atoms with Gasteiger partial charge in [-0.1, -0.05) is 68.4 Å². The van der Waals surface area contributed by atoms with Crippen LogP contribution in [0.3, 0.4) is 0 Å². The first-order chi connectivity index (χ1) is 16.8. The summed E-state index contributed by atoms with van der Waals surface area (Å²) in [6.07, 6.45) is 9.13. The van der Waals surface area contributed by atoms with Gasteiger partial charge in [-0.15, -0.1) is 0 Å². The quantitative estimate of drug-likeness (QED) is 0.363. The maximum absolute atomic E-state index is 13.2. The number of allylic oxidation sites excluding steroid dienone is 2. The summed E-state index contributed by atoms with van der Waals surface area (Å²) in [4.78, 5) is 25.9. The van der Waals surface area contributed by atoms with Crippen LogP contribution in [-0.2, 0) is 9.59 Å². The number of carbonyl (C=O) groups is 2. The summed E-state index contributed by atoms with van der Waals surface area (Å²) in [6.45, 7) is 21.8. The molecule has 1 unspecified atom stereocenters. The number of hydrogen-bond donors (Lipinski definition) is 0. The number of ketones is 2. The van der Waals surface area contributed by atoms with E-state index < -0.39 is 10.8 Å². The van der Waals surface area contributed by atoms with Crippen LogP contribution >= 0.6 is 0 Å². The van der Waals surface area contributed by atoms with Gasteiger partial charge in [0.05, 0.1) is 17.1 Å². The Labute approximate surface area is 226 Å². The summed E-state index contributed by atoms with van der Waals surface area (Å²) in [6, 6.07) is 4.97. The second kappa shape index (κ2) is 9.36. The van der Waals surface area contributed by atoms with Crippen LogP contribution in [0, 0.1) is 72.9 Å². The molecule has 6 atom stereocenters. The Morgan fingerprint density at radius 1 is 1.08 bits per heavy atom. The van der Waals surface area contributed by atoms with Gasteiger partial charge in [-0.25, -0.2) is 0 Å². The molecule has 3 aliphatic carbocycles. The number of fused-ring (bicyclic) bond motifs is 1. The molecule has 3 aliphatic rings. The number of carbonyl (C=O) groups excluding carboxylic acids is 2. The van der Waals surface area contributed by atoms with E-state index >= 15 is 0 Å². The molecule has 3 rings (SSSR count). The average Bonchev–Trinajstić information content (AvgIpc) is 2.78. The second-order valence-electron chi connectivity index (χ2n) is 15.5. The van der Waals surface area contributed by atoms with E-state index in [2.05, 4.69) is 60.6 Å². The first-order valence-corrected chi connectivity index (χ1v) is 14.4. The zero-order valence-corrected chi connectivity index (χ0v) is 25.2. The van der Waals surface area contributed by atoms with Crippen molar-refractivity contribution in [3.8, 4) is 12.1 Å². The zero-order valence-electron chi connectivity index (χ0n) is 25.2. The topological polar surface area (TPSA) is 81.7 Å². The van der Waals surface area contributed by atoms with Crippen LogP contribution in [-0.4, -0.2) is 11.6 Å². The van der Waals surface area contributed by atoms with Crippen molar-refractivity contribution in [3.63, 3.8) is 0 Å². The van der Waals surface area contributed by atoms with E-state index in [0.717, 1.165) is 44.9 Å². The van der Waals surface area contributed by atoms with Crippen LogP contribution in [0.4, 0.5) is 0 Å². The maximum Gasteiger partial charge on any atom is 0.178 e. The van der Waals surface area contributed by atoms with Crippen molar-refractivity contribution in [2.45, 2.75) is 121 Å². The predicted molar refractivity (Wildman–Crippen MR) is 148 cm³/mol. The lowest BCUT2D eigenvalue weighted by Gasteiger charge is -2.64. The minimum Gasteiger partial charge on any atom is -0.300 e. The van der Waals surface area contributed by atoms with Gasteiger partial charge in [0.2, 0.25) is 0 Å². The number of nitrogens with zero attached hydrogens (tertiary/aromatic N) is 2. The Morgan fingerprint density at radius 2 is 1.70 bits per heavy atom. The van der Waals surface area contributed by atoms with Crippen LogP contribution in [0.5, 0.6) is 0 Å². The lowest BCUT2D eigenvalue weighted by molar-refractivity contribution is -0.156. The molecular weight excluding hydrogens is 456 g/mol. The fourth-order valence-corrected chi connectivity index (χ4v) is 9.05. The standard InChI is InChI=1S/C33H50N2O2/c1-22-18-28(3,4)13-15-33(22,21-35)16-14-29(5,6)32(10)12-11-25-30(7,8)27(37)24(20-34)19-31(25,9)26(32)17-23(2)36/h19,22,25-26H,11-18H2,1-10H3/t22?,25-,26+,31-,32+,33+/m0/s1. The number of rotatable bonds is 6. The minimum atomic E-state index is -0.635. The molecule has 0 aromatic carbocycles. The lowest BCUT2D eigenvalue weighted by atomic mass is 9.39. The van der Waals surface area contributed by atoms with Crippen molar-refractivity contribution in [2.24, 2.45) is 50.2 Å². The first kappa shape index (κ1) is 29.6. The molecule has 0 spiro atoms. The SMILES string of the molecule is CC(=O)C[C@@H]1[C@@]2(C)C=C(C#N)C(=O)C(C)(C)[C@@H]2CC[C@@]1(C)C(C)(C)CC[C@@]1(C#N)CCC(C)(C)CC1C. The number of hydrogen-bond acceptors (Lipinski definition) is 4. The summed E-state index contributed by atoms with van der Waals surface area (Å²) in [5.41, 5.74) is -1.11. The molecule has 204 valence electrons. The van der Waals surface area contributed by atoms with Gasteiger partial charge in [-0.2, -0.15) is 10.5 Å². The van der Waals surface area contributed by atoms with Crippen molar-refractivity contribution in [1.29, 1.82) is 10.5 Å². The smallest absolute Gasteiger partial charge is 0.178 e.